The highest BCUT2D eigenvalue weighted by atomic mass is 16.6. The SMILES string of the molecule is COc1ccc([N+](=O)[O-])cc1-c1ccc(C=NNC(=O)Nc2ccccc2C)o1. The summed E-state index contributed by atoms with van der Waals surface area (Å²) in [5, 5.41) is 17.5. The van der Waals surface area contributed by atoms with E-state index in [1.165, 1.54) is 31.5 Å². The number of benzene rings is 2. The van der Waals surface area contributed by atoms with E-state index in [-0.39, 0.29) is 5.69 Å². The summed E-state index contributed by atoms with van der Waals surface area (Å²) in [5.74, 6) is 1.16. The molecule has 3 aromatic rings. The molecule has 9 nitrogen and oxygen atoms in total. The van der Waals surface area contributed by atoms with Crippen LogP contribution in [-0.4, -0.2) is 24.3 Å². The number of ether oxygens (including phenoxy) is 1. The minimum atomic E-state index is -0.498. The maximum Gasteiger partial charge on any atom is 0.339 e. The van der Waals surface area contributed by atoms with Crippen LogP contribution in [-0.2, 0) is 0 Å². The fraction of sp³-hybridized carbons (Fsp3) is 0.100. The Hall–Kier alpha value is -4.14. The van der Waals surface area contributed by atoms with Gasteiger partial charge in [-0.1, -0.05) is 18.2 Å². The summed E-state index contributed by atoms with van der Waals surface area (Å²) in [6.07, 6.45) is 1.32. The summed E-state index contributed by atoms with van der Waals surface area (Å²) < 4.78 is 10.9. The molecule has 0 saturated heterocycles. The predicted octanol–water partition coefficient (Wildman–Crippen LogP) is 4.33. The molecule has 1 heterocycles. The quantitative estimate of drug-likeness (QED) is 0.366. The smallest absolute Gasteiger partial charge is 0.339 e. The minimum Gasteiger partial charge on any atom is -0.496 e. The number of urea groups is 1. The lowest BCUT2D eigenvalue weighted by Gasteiger charge is -2.06. The van der Waals surface area contributed by atoms with Crippen molar-refractivity contribution in [2.24, 2.45) is 5.10 Å². The maximum atomic E-state index is 11.9. The number of amides is 2. The van der Waals surface area contributed by atoms with Crippen LogP contribution in [0.4, 0.5) is 16.2 Å². The molecule has 2 amide bonds. The van der Waals surface area contributed by atoms with Crippen molar-refractivity contribution in [3.8, 4) is 17.1 Å². The molecule has 0 radical (unpaired) electrons. The first-order chi connectivity index (χ1) is 14.0. The average Bonchev–Trinajstić information content (AvgIpc) is 3.18. The number of hydrogen-bond acceptors (Lipinski definition) is 6. The Morgan fingerprint density at radius 3 is 2.72 bits per heavy atom. The van der Waals surface area contributed by atoms with Gasteiger partial charge in [-0.05, 0) is 36.8 Å². The van der Waals surface area contributed by atoms with Gasteiger partial charge >= 0.3 is 6.03 Å². The van der Waals surface area contributed by atoms with Crippen molar-refractivity contribution in [2.75, 3.05) is 12.4 Å². The van der Waals surface area contributed by atoms with Gasteiger partial charge < -0.3 is 14.5 Å². The number of nitrogens with one attached hydrogen (secondary N) is 2. The van der Waals surface area contributed by atoms with Crippen molar-refractivity contribution in [3.05, 3.63) is 76.0 Å². The number of rotatable bonds is 6. The van der Waals surface area contributed by atoms with Crippen molar-refractivity contribution < 1.29 is 18.9 Å². The van der Waals surface area contributed by atoms with Gasteiger partial charge in [0.2, 0.25) is 0 Å². The molecule has 0 aliphatic carbocycles. The van der Waals surface area contributed by atoms with Gasteiger partial charge in [-0.2, -0.15) is 5.10 Å². The van der Waals surface area contributed by atoms with Crippen LogP contribution >= 0.6 is 0 Å². The molecule has 0 saturated carbocycles. The van der Waals surface area contributed by atoms with Gasteiger partial charge in [0.05, 0.1) is 23.8 Å². The summed E-state index contributed by atoms with van der Waals surface area (Å²) in [5.41, 5.74) is 4.31. The second-order valence-corrected chi connectivity index (χ2v) is 5.98. The number of para-hydroxylation sites is 1. The molecule has 0 unspecified atom stereocenters. The zero-order chi connectivity index (χ0) is 20.8. The van der Waals surface area contributed by atoms with E-state index >= 15 is 0 Å². The zero-order valence-electron chi connectivity index (χ0n) is 15.7. The van der Waals surface area contributed by atoms with Crippen LogP contribution in [0.2, 0.25) is 0 Å². The molecule has 3 rings (SSSR count). The second kappa shape index (κ2) is 8.70. The first kappa shape index (κ1) is 19.6. The van der Waals surface area contributed by atoms with Gasteiger partial charge in [-0.25, -0.2) is 10.2 Å². The summed E-state index contributed by atoms with van der Waals surface area (Å²) in [4.78, 5) is 22.4. The fourth-order valence-electron chi connectivity index (χ4n) is 2.59. The number of furan rings is 1. The van der Waals surface area contributed by atoms with Crippen molar-refractivity contribution >= 4 is 23.6 Å². The molecular weight excluding hydrogens is 376 g/mol. The number of anilines is 1. The number of carbonyl (C=O) groups is 1. The van der Waals surface area contributed by atoms with Gasteiger partial charge in [0, 0.05) is 17.8 Å². The predicted molar refractivity (Wildman–Crippen MR) is 108 cm³/mol. The number of hydrogen-bond donors (Lipinski definition) is 2. The molecule has 148 valence electrons. The third-order valence-electron chi connectivity index (χ3n) is 4.04. The van der Waals surface area contributed by atoms with Crippen LogP contribution in [0.1, 0.15) is 11.3 Å². The van der Waals surface area contributed by atoms with Crippen LogP contribution in [0.25, 0.3) is 11.3 Å². The number of nitro groups is 1. The molecule has 2 aromatic carbocycles. The number of nitro benzene ring substituents is 1. The Balaban J connectivity index is 1.69. The Bertz CT molecular complexity index is 1070. The lowest BCUT2D eigenvalue weighted by molar-refractivity contribution is -0.384. The number of aryl methyl sites for hydroxylation is 1. The van der Waals surface area contributed by atoms with E-state index in [2.05, 4.69) is 15.8 Å². The van der Waals surface area contributed by atoms with Crippen molar-refractivity contribution in [1.29, 1.82) is 0 Å². The van der Waals surface area contributed by atoms with Crippen LogP contribution in [0, 0.1) is 17.0 Å². The number of methoxy groups -OCH3 is 1. The zero-order valence-corrected chi connectivity index (χ0v) is 15.7. The molecule has 0 bridgehead atoms. The Kier molecular flexibility index (Phi) is 5.88. The molecule has 0 fully saturated rings. The highest BCUT2D eigenvalue weighted by molar-refractivity contribution is 5.90. The van der Waals surface area contributed by atoms with Crippen LogP contribution in [0.3, 0.4) is 0 Å². The van der Waals surface area contributed by atoms with Crippen LogP contribution in [0.15, 0.2) is 64.1 Å². The standard InChI is InChI=1S/C20H18N4O5/c1-13-5-3-4-6-17(13)22-20(25)23-21-12-15-8-10-19(29-15)16-11-14(24(26)27)7-9-18(16)28-2/h3-12H,1-2H3,(H2,22,23,25). The van der Waals surface area contributed by atoms with E-state index in [9.17, 15) is 14.9 Å². The number of nitrogens with zero attached hydrogens (tertiary/aromatic N) is 2. The van der Waals surface area contributed by atoms with E-state index in [4.69, 9.17) is 9.15 Å². The van der Waals surface area contributed by atoms with Crippen molar-refractivity contribution in [2.45, 2.75) is 6.92 Å². The monoisotopic (exact) mass is 394 g/mol. The van der Waals surface area contributed by atoms with E-state index in [0.717, 1.165) is 5.56 Å². The molecule has 0 aliphatic heterocycles. The van der Waals surface area contributed by atoms with Crippen LogP contribution in [0.5, 0.6) is 5.75 Å². The van der Waals surface area contributed by atoms with Crippen molar-refractivity contribution in [3.63, 3.8) is 0 Å². The highest BCUT2D eigenvalue weighted by Crippen LogP contribution is 2.34. The number of carbonyl (C=O) groups excluding carboxylic acids is 1. The van der Waals surface area contributed by atoms with Crippen molar-refractivity contribution in [1.82, 2.24) is 5.43 Å². The highest BCUT2D eigenvalue weighted by Gasteiger charge is 2.15. The normalized spacial score (nSPS) is 10.7. The molecule has 29 heavy (non-hydrogen) atoms. The fourth-order valence-corrected chi connectivity index (χ4v) is 2.59. The van der Waals surface area contributed by atoms with Gasteiger partial charge in [-0.3, -0.25) is 10.1 Å². The molecular formula is C20H18N4O5. The van der Waals surface area contributed by atoms with E-state index in [1.54, 1.807) is 18.2 Å². The summed E-state index contributed by atoms with van der Waals surface area (Å²) >= 11 is 0. The van der Waals surface area contributed by atoms with Gasteiger partial charge in [0.1, 0.15) is 17.3 Å². The minimum absolute atomic E-state index is 0.0815. The summed E-state index contributed by atoms with van der Waals surface area (Å²) in [6.45, 7) is 1.88. The summed E-state index contributed by atoms with van der Waals surface area (Å²) in [7, 11) is 1.47. The third-order valence-corrected chi connectivity index (χ3v) is 4.04. The first-order valence-corrected chi connectivity index (χ1v) is 8.56. The van der Waals surface area contributed by atoms with Gasteiger partial charge in [0.25, 0.3) is 5.69 Å². The summed E-state index contributed by atoms with van der Waals surface area (Å²) in [6, 6.07) is 14.3. The van der Waals surface area contributed by atoms with E-state index in [1.807, 2.05) is 25.1 Å². The lowest BCUT2D eigenvalue weighted by Crippen LogP contribution is -2.24. The molecule has 9 heteroatoms. The molecule has 1 aromatic heterocycles. The number of hydrazone groups is 1. The lowest BCUT2D eigenvalue weighted by atomic mass is 10.1. The third kappa shape index (κ3) is 4.78. The Labute approximate surface area is 166 Å². The molecule has 0 spiro atoms. The van der Waals surface area contributed by atoms with Gasteiger partial charge in [0.15, 0.2) is 0 Å². The molecule has 0 atom stereocenters. The topological polar surface area (TPSA) is 119 Å². The maximum absolute atomic E-state index is 11.9. The van der Waals surface area contributed by atoms with E-state index < -0.39 is 11.0 Å². The van der Waals surface area contributed by atoms with Gasteiger partial charge in [-0.15, -0.1) is 0 Å². The van der Waals surface area contributed by atoms with Crippen LogP contribution < -0.4 is 15.5 Å². The number of non-ortho nitro benzene ring substituents is 1. The Morgan fingerprint density at radius 1 is 1.21 bits per heavy atom. The first-order valence-electron chi connectivity index (χ1n) is 8.56. The van der Waals surface area contributed by atoms with E-state index in [0.29, 0.717) is 28.5 Å². The average molecular weight is 394 g/mol. The molecule has 2 N–H and O–H groups in total. The second-order valence-electron chi connectivity index (χ2n) is 5.98. The largest absolute Gasteiger partial charge is 0.496 e. The molecule has 0 aliphatic rings. The Morgan fingerprint density at radius 2 is 2.00 bits per heavy atom.